The van der Waals surface area contributed by atoms with Crippen molar-refractivity contribution in [3.63, 3.8) is 0 Å². The summed E-state index contributed by atoms with van der Waals surface area (Å²) in [5.41, 5.74) is 3.48. The highest BCUT2D eigenvalue weighted by atomic mass is 15.1. The van der Waals surface area contributed by atoms with Crippen LogP contribution in [0.15, 0.2) is 71.7 Å². The number of nitrogens with zero attached hydrogens (tertiary/aromatic N) is 2. The van der Waals surface area contributed by atoms with Gasteiger partial charge in [-0.3, -0.25) is 4.99 Å². The molecule has 4 rings (SSSR count). The van der Waals surface area contributed by atoms with Crippen LogP contribution >= 0.6 is 0 Å². The van der Waals surface area contributed by atoms with Crippen LogP contribution in [0.5, 0.6) is 0 Å². The molecule has 0 atom stereocenters. The van der Waals surface area contributed by atoms with Crippen LogP contribution in [0, 0.1) is 0 Å². The van der Waals surface area contributed by atoms with Crippen molar-refractivity contribution in [1.29, 1.82) is 0 Å². The van der Waals surface area contributed by atoms with Crippen LogP contribution in [0.2, 0.25) is 0 Å². The van der Waals surface area contributed by atoms with Gasteiger partial charge in [-0.1, -0.05) is 48.5 Å². The highest BCUT2D eigenvalue weighted by Gasteiger charge is 2.11. The molecule has 1 fully saturated rings. The molecular weight excluding hydrogens is 280 g/mol. The second-order valence-electron chi connectivity index (χ2n) is 6.04. The van der Waals surface area contributed by atoms with Crippen molar-refractivity contribution in [1.82, 2.24) is 0 Å². The molecule has 0 aromatic heterocycles. The molecule has 114 valence electrons. The Morgan fingerprint density at radius 1 is 0.783 bits per heavy atom. The number of hydrogen-bond donors (Lipinski definition) is 0. The molecule has 2 nitrogen and oxygen atoms in total. The van der Waals surface area contributed by atoms with Crippen molar-refractivity contribution < 1.29 is 0 Å². The monoisotopic (exact) mass is 300 g/mol. The zero-order chi connectivity index (χ0) is 15.5. The Hall–Kier alpha value is -2.61. The van der Waals surface area contributed by atoms with Gasteiger partial charge in [0.2, 0.25) is 0 Å². The summed E-state index contributed by atoms with van der Waals surface area (Å²) in [4.78, 5) is 7.14. The van der Waals surface area contributed by atoms with E-state index in [1.165, 1.54) is 42.4 Å². The topological polar surface area (TPSA) is 15.6 Å². The lowest BCUT2D eigenvalue weighted by molar-refractivity contribution is 0.949. The Morgan fingerprint density at radius 3 is 2.35 bits per heavy atom. The summed E-state index contributed by atoms with van der Waals surface area (Å²) < 4.78 is 0. The first-order valence-electron chi connectivity index (χ1n) is 8.27. The van der Waals surface area contributed by atoms with E-state index in [0.29, 0.717) is 0 Å². The standard InChI is InChI=1S/C21H20N2/c1-2-8-20-18(6-1)7-5-9-21(20)22-16-17-10-12-19(13-11-17)23-14-3-4-15-23/h1-2,5-13,16H,3-4,14-15H2. The highest BCUT2D eigenvalue weighted by molar-refractivity contribution is 5.95. The molecule has 2 heteroatoms. The van der Waals surface area contributed by atoms with Gasteiger partial charge in [0.05, 0.1) is 5.69 Å². The van der Waals surface area contributed by atoms with Crippen LogP contribution in [-0.2, 0) is 0 Å². The summed E-state index contributed by atoms with van der Waals surface area (Å²) in [5.74, 6) is 0. The number of anilines is 1. The molecule has 0 bridgehead atoms. The Balaban J connectivity index is 1.58. The fourth-order valence-corrected chi connectivity index (χ4v) is 3.21. The summed E-state index contributed by atoms with van der Waals surface area (Å²) >= 11 is 0. The van der Waals surface area contributed by atoms with Gasteiger partial charge in [-0.25, -0.2) is 0 Å². The van der Waals surface area contributed by atoms with Crippen LogP contribution in [-0.4, -0.2) is 19.3 Å². The second-order valence-corrected chi connectivity index (χ2v) is 6.04. The van der Waals surface area contributed by atoms with E-state index < -0.39 is 0 Å². The first kappa shape index (κ1) is 14.0. The number of hydrogen-bond acceptors (Lipinski definition) is 2. The minimum Gasteiger partial charge on any atom is -0.372 e. The lowest BCUT2D eigenvalue weighted by Crippen LogP contribution is -2.17. The fourth-order valence-electron chi connectivity index (χ4n) is 3.21. The Bertz CT molecular complexity index is 823. The summed E-state index contributed by atoms with van der Waals surface area (Å²) in [6.07, 6.45) is 4.57. The summed E-state index contributed by atoms with van der Waals surface area (Å²) in [6, 6.07) is 23.3. The smallest absolute Gasteiger partial charge is 0.0708 e. The zero-order valence-electron chi connectivity index (χ0n) is 13.2. The maximum absolute atomic E-state index is 4.69. The molecule has 0 amide bonds. The molecule has 1 aliphatic heterocycles. The predicted octanol–water partition coefficient (Wildman–Crippen LogP) is 5.19. The van der Waals surface area contributed by atoms with Gasteiger partial charge in [0.1, 0.15) is 0 Å². The Kier molecular flexibility index (Phi) is 3.81. The minimum absolute atomic E-state index is 1.02. The van der Waals surface area contributed by atoms with E-state index in [9.17, 15) is 0 Å². The minimum atomic E-state index is 1.02. The molecule has 0 saturated carbocycles. The lowest BCUT2D eigenvalue weighted by atomic mass is 10.1. The molecule has 0 spiro atoms. The quantitative estimate of drug-likeness (QED) is 0.608. The van der Waals surface area contributed by atoms with Crippen molar-refractivity contribution in [2.75, 3.05) is 18.0 Å². The first-order valence-corrected chi connectivity index (χ1v) is 8.27. The molecule has 1 saturated heterocycles. The van der Waals surface area contributed by atoms with Gasteiger partial charge in [0.15, 0.2) is 0 Å². The summed E-state index contributed by atoms with van der Waals surface area (Å²) in [5, 5.41) is 2.42. The molecule has 1 heterocycles. The maximum Gasteiger partial charge on any atom is 0.0708 e. The van der Waals surface area contributed by atoms with E-state index in [2.05, 4.69) is 71.6 Å². The molecule has 0 aliphatic carbocycles. The molecule has 0 radical (unpaired) electrons. The second kappa shape index (κ2) is 6.25. The van der Waals surface area contributed by atoms with E-state index >= 15 is 0 Å². The van der Waals surface area contributed by atoms with Crippen molar-refractivity contribution in [3.05, 3.63) is 72.3 Å². The number of rotatable bonds is 3. The van der Waals surface area contributed by atoms with Crippen LogP contribution < -0.4 is 4.90 Å². The molecule has 0 N–H and O–H groups in total. The van der Waals surface area contributed by atoms with Crippen LogP contribution in [0.3, 0.4) is 0 Å². The molecule has 3 aromatic rings. The van der Waals surface area contributed by atoms with Crippen LogP contribution in [0.1, 0.15) is 18.4 Å². The highest BCUT2D eigenvalue weighted by Crippen LogP contribution is 2.25. The first-order chi connectivity index (χ1) is 11.4. The Labute approximate surface area is 137 Å². The lowest BCUT2D eigenvalue weighted by Gasteiger charge is -2.17. The van der Waals surface area contributed by atoms with Gasteiger partial charge < -0.3 is 4.90 Å². The van der Waals surface area contributed by atoms with Gasteiger partial charge in [-0.05, 0) is 42.0 Å². The molecule has 23 heavy (non-hydrogen) atoms. The van der Waals surface area contributed by atoms with Crippen LogP contribution in [0.25, 0.3) is 10.8 Å². The normalized spacial score (nSPS) is 14.9. The van der Waals surface area contributed by atoms with Crippen molar-refractivity contribution in [2.45, 2.75) is 12.8 Å². The maximum atomic E-state index is 4.69. The predicted molar refractivity (Wildman–Crippen MR) is 99.1 cm³/mol. The van der Waals surface area contributed by atoms with E-state index in [1.54, 1.807) is 0 Å². The summed E-state index contributed by atoms with van der Waals surface area (Å²) in [7, 11) is 0. The number of benzene rings is 3. The van der Waals surface area contributed by atoms with Crippen LogP contribution in [0.4, 0.5) is 11.4 Å². The zero-order valence-corrected chi connectivity index (χ0v) is 13.2. The SMILES string of the molecule is C(=Nc1cccc2ccccc12)c1ccc(N2CCCC2)cc1. The third kappa shape index (κ3) is 2.98. The van der Waals surface area contributed by atoms with Crippen molar-refractivity contribution in [2.24, 2.45) is 4.99 Å². The molecular formula is C21H20N2. The van der Waals surface area contributed by atoms with Gasteiger partial charge in [0, 0.05) is 30.4 Å². The third-order valence-corrected chi connectivity index (χ3v) is 4.48. The van der Waals surface area contributed by atoms with E-state index in [4.69, 9.17) is 4.99 Å². The molecule has 0 unspecified atom stereocenters. The average molecular weight is 300 g/mol. The molecule has 1 aliphatic rings. The summed E-state index contributed by atoms with van der Waals surface area (Å²) in [6.45, 7) is 2.37. The number of fused-ring (bicyclic) bond motifs is 1. The third-order valence-electron chi connectivity index (χ3n) is 4.48. The van der Waals surface area contributed by atoms with E-state index in [1.807, 2.05) is 6.21 Å². The van der Waals surface area contributed by atoms with Gasteiger partial charge in [-0.15, -0.1) is 0 Å². The average Bonchev–Trinajstić information content (AvgIpc) is 3.15. The van der Waals surface area contributed by atoms with Gasteiger partial charge in [0.25, 0.3) is 0 Å². The van der Waals surface area contributed by atoms with E-state index in [0.717, 1.165) is 11.3 Å². The van der Waals surface area contributed by atoms with Crippen molar-refractivity contribution in [3.8, 4) is 0 Å². The Morgan fingerprint density at radius 2 is 1.52 bits per heavy atom. The number of aliphatic imine (C=N–C) groups is 1. The fraction of sp³-hybridized carbons (Fsp3) is 0.190. The van der Waals surface area contributed by atoms with Gasteiger partial charge in [-0.2, -0.15) is 0 Å². The van der Waals surface area contributed by atoms with E-state index in [-0.39, 0.29) is 0 Å². The molecule has 3 aromatic carbocycles. The van der Waals surface area contributed by atoms with Gasteiger partial charge >= 0.3 is 0 Å². The largest absolute Gasteiger partial charge is 0.372 e. The van der Waals surface area contributed by atoms with Crippen molar-refractivity contribution >= 4 is 28.4 Å².